The monoisotopic (exact) mass is 309 g/mol. The quantitative estimate of drug-likeness (QED) is 0.793. The molecular weight excluding hydrogens is 285 g/mol. The summed E-state index contributed by atoms with van der Waals surface area (Å²) in [6.45, 7) is 12.4. The van der Waals surface area contributed by atoms with E-state index in [0.717, 1.165) is 22.3 Å². The van der Waals surface area contributed by atoms with E-state index >= 15 is 0 Å². The van der Waals surface area contributed by atoms with Crippen LogP contribution < -0.4 is 5.46 Å². The Hall–Kier alpha value is -1.65. The Morgan fingerprint density at radius 3 is 1.96 bits per heavy atom. The molecule has 0 aliphatic carbocycles. The third kappa shape index (κ3) is 2.93. The fourth-order valence-electron chi connectivity index (χ4n) is 2.61. The highest BCUT2D eigenvalue weighted by atomic mass is 16.7. The van der Waals surface area contributed by atoms with Gasteiger partial charge in [0.15, 0.2) is 0 Å². The van der Waals surface area contributed by atoms with Crippen LogP contribution in [0.3, 0.4) is 0 Å². The van der Waals surface area contributed by atoms with Gasteiger partial charge in [0.2, 0.25) is 0 Å². The molecule has 2 aromatic rings. The second-order valence-corrected chi connectivity index (χ2v) is 7.34. The summed E-state index contributed by atoms with van der Waals surface area (Å²) in [5.41, 5.74) is 4.99. The Morgan fingerprint density at radius 1 is 0.870 bits per heavy atom. The van der Waals surface area contributed by atoms with Crippen LogP contribution in [-0.4, -0.2) is 23.3 Å². The van der Waals surface area contributed by atoms with Crippen molar-refractivity contribution in [1.82, 2.24) is 4.98 Å². The van der Waals surface area contributed by atoms with Gasteiger partial charge in [0.05, 0.1) is 11.2 Å². The van der Waals surface area contributed by atoms with Gasteiger partial charge in [-0.1, -0.05) is 24.3 Å². The Labute approximate surface area is 139 Å². The van der Waals surface area contributed by atoms with Gasteiger partial charge < -0.3 is 9.31 Å². The minimum Gasteiger partial charge on any atom is -0.399 e. The highest BCUT2D eigenvalue weighted by Gasteiger charge is 2.51. The second kappa shape index (κ2) is 5.46. The fourth-order valence-corrected chi connectivity index (χ4v) is 2.61. The minimum atomic E-state index is -0.313. The lowest BCUT2D eigenvalue weighted by Gasteiger charge is -2.32. The molecule has 0 spiro atoms. The molecule has 0 bridgehead atoms. The van der Waals surface area contributed by atoms with Gasteiger partial charge >= 0.3 is 7.12 Å². The van der Waals surface area contributed by atoms with Crippen molar-refractivity contribution in [2.45, 2.75) is 52.7 Å². The standard InChI is InChI=1S/C19H24BNO2/c1-13-11-16(12-21-14(13)2)15-7-9-17(10-8-15)20-22-18(3,4)19(5,6)23-20/h7-12H,1-6H3. The van der Waals surface area contributed by atoms with Crippen LogP contribution >= 0.6 is 0 Å². The van der Waals surface area contributed by atoms with Crippen molar-refractivity contribution in [2.75, 3.05) is 0 Å². The largest absolute Gasteiger partial charge is 0.494 e. The van der Waals surface area contributed by atoms with Gasteiger partial charge in [0, 0.05) is 17.5 Å². The number of aromatic nitrogens is 1. The van der Waals surface area contributed by atoms with E-state index in [-0.39, 0.29) is 18.3 Å². The molecule has 1 aliphatic rings. The molecule has 0 N–H and O–H groups in total. The lowest BCUT2D eigenvalue weighted by molar-refractivity contribution is 0.00578. The molecule has 4 heteroatoms. The second-order valence-electron chi connectivity index (χ2n) is 7.34. The summed E-state index contributed by atoms with van der Waals surface area (Å²) < 4.78 is 12.2. The molecule has 0 saturated carbocycles. The Morgan fingerprint density at radius 2 is 1.43 bits per heavy atom. The van der Waals surface area contributed by atoms with Gasteiger partial charge in [-0.05, 0) is 64.2 Å². The first-order valence-electron chi connectivity index (χ1n) is 8.09. The van der Waals surface area contributed by atoms with Crippen molar-refractivity contribution in [3.05, 3.63) is 47.8 Å². The molecule has 0 radical (unpaired) electrons. The SMILES string of the molecule is Cc1cc(-c2ccc(B3OC(C)(C)C(C)(C)O3)cc2)cnc1C. The molecule has 1 fully saturated rings. The molecule has 3 nitrogen and oxygen atoms in total. The molecule has 120 valence electrons. The highest BCUT2D eigenvalue weighted by Crippen LogP contribution is 2.36. The zero-order chi connectivity index (χ0) is 16.8. The van der Waals surface area contributed by atoms with Gasteiger partial charge in [-0.25, -0.2) is 0 Å². The van der Waals surface area contributed by atoms with E-state index < -0.39 is 0 Å². The van der Waals surface area contributed by atoms with Gasteiger partial charge in [-0.15, -0.1) is 0 Å². The predicted octanol–water partition coefficient (Wildman–Crippen LogP) is 3.66. The van der Waals surface area contributed by atoms with E-state index in [0.29, 0.717) is 0 Å². The Kier molecular flexibility index (Phi) is 3.85. The van der Waals surface area contributed by atoms with Crippen LogP contribution in [0.1, 0.15) is 39.0 Å². The molecular formula is C19H24BNO2. The molecule has 1 aromatic carbocycles. The lowest BCUT2D eigenvalue weighted by atomic mass is 9.78. The molecule has 23 heavy (non-hydrogen) atoms. The first kappa shape index (κ1) is 16.2. The molecule has 1 saturated heterocycles. The van der Waals surface area contributed by atoms with Crippen LogP contribution in [0.15, 0.2) is 36.5 Å². The number of pyridine rings is 1. The Bertz CT molecular complexity index is 707. The van der Waals surface area contributed by atoms with E-state index in [1.54, 1.807) is 0 Å². The summed E-state index contributed by atoms with van der Waals surface area (Å²) in [5, 5.41) is 0. The molecule has 0 unspecified atom stereocenters. The van der Waals surface area contributed by atoms with Crippen molar-refractivity contribution in [1.29, 1.82) is 0 Å². The van der Waals surface area contributed by atoms with Crippen molar-refractivity contribution < 1.29 is 9.31 Å². The fraction of sp³-hybridized carbons (Fsp3) is 0.421. The van der Waals surface area contributed by atoms with E-state index in [9.17, 15) is 0 Å². The maximum atomic E-state index is 6.10. The molecule has 2 heterocycles. The normalized spacial score (nSPS) is 19.1. The molecule has 1 aliphatic heterocycles. The third-order valence-electron chi connectivity index (χ3n) is 5.11. The van der Waals surface area contributed by atoms with Crippen molar-refractivity contribution in [3.63, 3.8) is 0 Å². The summed E-state index contributed by atoms with van der Waals surface area (Å²) in [7, 11) is -0.313. The van der Waals surface area contributed by atoms with Crippen molar-refractivity contribution >= 4 is 12.6 Å². The Balaban J connectivity index is 1.84. The topological polar surface area (TPSA) is 31.4 Å². The van der Waals surface area contributed by atoms with Gasteiger partial charge in [-0.2, -0.15) is 0 Å². The van der Waals surface area contributed by atoms with Gasteiger partial charge in [0.1, 0.15) is 0 Å². The summed E-state index contributed by atoms with van der Waals surface area (Å²) in [6.07, 6.45) is 1.92. The van der Waals surface area contributed by atoms with E-state index in [4.69, 9.17) is 9.31 Å². The van der Waals surface area contributed by atoms with Crippen molar-refractivity contribution in [2.24, 2.45) is 0 Å². The number of hydrogen-bond acceptors (Lipinski definition) is 3. The number of rotatable bonds is 2. The summed E-state index contributed by atoms with van der Waals surface area (Å²) >= 11 is 0. The van der Waals surface area contributed by atoms with E-state index in [1.165, 1.54) is 5.56 Å². The minimum absolute atomic E-state index is 0.311. The molecule has 0 atom stereocenters. The zero-order valence-electron chi connectivity index (χ0n) is 14.8. The predicted molar refractivity (Wildman–Crippen MR) is 94.9 cm³/mol. The van der Waals surface area contributed by atoms with Crippen LogP contribution in [0.25, 0.3) is 11.1 Å². The third-order valence-corrected chi connectivity index (χ3v) is 5.11. The average molecular weight is 309 g/mol. The summed E-state index contributed by atoms with van der Waals surface area (Å²) in [4.78, 5) is 4.44. The maximum Gasteiger partial charge on any atom is 0.494 e. The first-order chi connectivity index (χ1) is 10.7. The van der Waals surface area contributed by atoms with Gasteiger partial charge in [0.25, 0.3) is 0 Å². The molecule has 0 amide bonds. The average Bonchev–Trinajstić information content (AvgIpc) is 2.71. The first-order valence-corrected chi connectivity index (χ1v) is 8.09. The smallest absolute Gasteiger partial charge is 0.399 e. The number of nitrogens with zero attached hydrogens (tertiary/aromatic N) is 1. The van der Waals surface area contributed by atoms with Crippen LogP contribution in [-0.2, 0) is 9.31 Å². The van der Waals surface area contributed by atoms with E-state index in [2.05, 4.69) is 69.9 Å². The summed E-state index contributed by atoms with van der Waals surface area (Å²) in [6, 6.07) is 10.5. The van der Waals surface area contributed by atoms with E-state index in [1.807, 2.05) is 13.1 Å². The number of aryl methyl sites for hydroxylation is 2. The molecule has 3 rings (SSSR count). The van der Waals surface area contributed by atoms with Crippen LogP contribution in [0.2, 0.25) is 0 Å². The highest BCUT2D eigenvalue weighted by molar-refractivity contribution is 6.62. The van der Waals surface area contributed by atoms with Crippen molar-refractivity contribution in [3.8, 4) is 11.1 Å². The maximum absolute atomic E-state index is 6.10. The van der Waals surface area contributed by atoms with Crippen LogP contribution in [0, 0.1) is 13.8 Å². The van der Waals surface area contributed by atoms with Crippen LogP contribution in [0.5, 0.6) is 0 Å². The lowest BCUT2D eigenvalue weighted by Crippen LogP contribution is -2.41. The number of benzene rings is 1. The zero-order valence-corrected chi connectivity index (χ0v) is 14.8. The molecule has 1 aromatic heterocycles. The van der Waals surface area contributed by atoms with Crippen LogP contribution in [0.4, 0.5) is 0 Å². The number of hydrogen-bond donors (Lipinski definition) is 0. The summed E-state index contributed by atoms with van der Waals surface area (Å²) in [5.74, 6) is 0. The van der Waals surface area contributed by atoms with Gasteiger partial charge in [-0.3, -0.25) is 4.98 Å².